The SMILES string of the molecule is COc1ccc(C(C)C)cc1S(=O)(=O)N(C)CC(=O)N(C)Cc1ccccc1. The van der Waals surface area contributed by atoms with Crippen LogP contribution >= 0.6 is 0 Å². The van der Waals surface area contributed by atoms with Crippen LogP contribution in [-0.2, 0) is 21.4 Å². The summed E-state index contributed by atoms with van der Waals surface area (Å²) in [5.74, 6) is 0.152. The minimum absolute atomic E-state index is 0.0715. The molecule has 0 N–H and O–H groups in total. The number of nitrogens with zero attached hydrogens (tertiary/aromatic N) is 2. The van der Waals surface area contributed by atoms with Gasteiger partial charge in [-0.2, -0.15) is 4.31 Å². The fourth-order valence-corrected chi connectivity index (χ4v) is 4.07. The van der Waals surface area contributed by atoms with E-state index in [-0.39, 0.29) is 29.0 Å². The summed E-state index contributed by atoms with van der Waals surface area (Å²) < 4.78 is 32.5. The number of carbonyl (C=O) groups excluding carboxylic acids is 1. The van der Waals surface area contributed by atoms with Gasteiger partial charge in [0.05, 0.1) is 13.7 Å². The van der Waals surface area contributed by atoms with Gasteiger partial charge in [-0.15, -0.1) is 0 Å². The summed E-state index contributed by atoms with van der Waals surface area (Å²) in [5, 5.41) is 0. The molecular formula is C21H28N2O4S. The van der Waals surface area contributed by atoms with Gasteiger partial charge in [0, 0.05) is 20.6 Å². The molecule has 0 heterocycles. The average molecular weight is 405 g/mol. The molecule has 0 radical (unpaired) electrons. The zero-order chi connectivity index (χ0) is 20.9. The van der Waals surface area contributed by atoms with Crippen molar-refractivity contribution in [3.63, 3.8) is 0 Å². The highest BCUT2D eigenvalue weighted by molar-refractivity contribution is 7.89. The lowest BCUT2D eigenvalue weighted by Gasteiger charge is -2.23. The Morgan fingerprint density at radius 2 is 1.71 bits per heavy atom. The molecule has 152 valence electrons. The largest absolute Gasteiger partial charge is 0.495 e. The van der Waals surface area contributed by atoms with Gasteiger partial charge in [-0.25, -0.2) is 8.42 Å². The Kier molecular flexibility index (Phi) is 7.21. The van der Waals surface area contributed by atoms with E-state index < -0.39 is 10.0 Å². The molecule has 6 nitrogen and oxygen atoms in total. The number of sulfonamides is 1. The van der Waals surface area contributed by atoms with Gasteiger partial charge >= 0.3 is 0 Å². The van der Waals surface area contributed by atoms with Crippen molar-refractivity contribution in [2.75, 3.05) is 27.7 Å². The molecule has 2 aromatic carbocycles. The van der Waals surface area contributed by atoms with E-state index in [1.807, 2.05) is 50.2 Å². The van der Waals surface area contributed by atoms with Crippen molar-refractivity contribution in [2.24, 2.45) is 0 Å². The Labute approximate surface area is 167 Å². The van der Waals surface area contributed by atoms with Crippen molar-refractivity contribution in [2.45, 2.75) is 31.2 Å². The number of hydrogen-bond donors (Lipinski definition) is 0. The molecule has 0 bridgehead atoms. The number of likely N-dealkylation sites (N-methyl/N-ethyl adjacent to an activating group) is 2. The third-order valence-corrected chi connectivity index (χ3v) is 6.41. The zero-order valence-corrected chi connectivity index (χ0v) is 17.9. The predicted octanol–water partition coefficient (Wildman–Crippen LogP) is 3.10. The fourth-order valence-electron chi connectivity index (χ4n) is 2.76. The van der Waals surface area contributed by atoms with E-state index in [0.29, 0.717) is 6.54 Å². The Balaban J connectivity index is 2.19. The Morgan fingerprint density at radius 3 is 2.29 bits per heavy atom. The lowest BCUT2D eigenvalue weighted by molar-refractivity contribution is -0.130. The average Bonchev–Trinajstić information content (AvgIpc) is 2.67. The number of hydrogen-bond acceptors (Lipinski definition) is 4. The number of ether oxygens (including phenoxy) is 1. The summed E-state index contributed by atoms with van der Waals surface area (Å²) in [5.41, 5.74) is 1.87. The highest BCUT2D eigenvalue weighted by Crippen LogP contribution is 2.29. The molecule has 7 heteroatoms. The smallest absolute Gasteiger partial charge is 0.246 e. The first kappa shape index (κ1) is 21.9. The standard InChI is InChI=1S/C21H28N2O4S/c1-16(2)18-11-12-19(27-5)20(13-18)28(25,26)23(4)15-21(24)22(3)14-17-9-7-6-8-10-17/h6-13,16H,14-15H2,1-5H3. The molecule has 0 aliphatic carbocycles. The highest BCUT2D eigenvalue weighted by Gasteiger charge is 2.28. The molecule has 2 rings (SSSR count). The van der Waals surface area contributed by atoms with Gasteiger partial charge in [-0.05, 0) is 29.2 Å². The summed E-state index contributed by atoms with van der Waals surface area (Å²) in [6, 6.07) is 14.7. The highest BCUT2D eigenvalue weighted by atomic mass is 32.2. The second kappa shape index (κ2) is 9.21. The molecule has 0 saturated heterocycles. The molecule has 0 fully saturated rings. The van der Waals surface area contributed by atoms with E-state index in [0.717, 1.165) is 15.4 Å². The van der Waals surface area contributed by atoms with Crippen LogP contribution in [0, 0.1) is 0 Å². The number of methoxy groups -OCH3 is 1. The quantitative estimate of drug-likeness (QED) is 0.678. The molecule has 1 amide bonds. The summed E-state index contributed by atoms with van der Waals surface area (Å²) in [6.07, 6.45) is 0. The first-order valence-electron chi connectivity index (χ1n) is 9.09. The Hall–Kier alpha value is -2.38. The van der Waals surface area contributed by atoms with Crippen molar-refractivity contribution < 1.29 is 17.9 Å². The van der Waals surface area contributed by atoms with Crippen LogP contribution in [0.25, 0.3) is 0 Å². The molecular weight excluding hydrogens is 376 g/mol. The monoisotopic (exact) mass is 404 g/mol. The van der Waals surface area contributed by atoms with Crippen molar-refractivity contribution in [3.8, 4) is 5.75 Å². The summed E-state index contributed by atoms with van der Waals surface area (Å²) >= 11 is 0. The molecule has 28 heavy (non-hydrogen) atoms. The maximum Gasteiger partial charge on any atom is 0.246 e. The van der Waals surface area contributed by atoms with Crippen LogP contribution in [0.1, 0.15) is 30.9 Å². The van der Waals surface area contributed by atoms with Gasteiger partial charge in [0.2, 0.25) is 15.9 Å². The van der Waals surface area contributed by atoms with E-state index >= 15 is 0 Å². The maximum absolute atomic E-state index is 13.1. The van der Waals surface area contributed by atoms with Crippen molar-refractivity contribution in [3.05, 3.63) is 59.7 Å². The number of carbonyl (C=O) groups is 1. The van der Waals surface area contributed by atoms with Crippen LogP contribution in [-0.4, -0.2) is 51.3 Å². The van der Waals surface area contributed by atoms with Gasteiger partial charge in [-0.3, -0.25) is 4.79 Å². The zero-order valence-electron chi connectivity index (χ0n) is 17.0. The summed E-state index contributed by atoms with van der Waals surface area (Å²) in [4.78, 5) is 14.1. The van der Waals surface area contributed by atoms with Crippen LogP contribution < -0.4 is 4.74 Å². The summed E-state index contributed by atoms with van der Waals surface area (Å²) in [6.45, 7) is 4.15. The maximum atomic E-state index is 13.1. The van der Waals surface area contributed by atoms with Gasteiger partial charge < -0.3 is 9.64 Å². The lowest BCUT2D eigenvalue weighted by atomic mass is 10.0. The van der Waals surface area contributed by atoms with Gasteiger partial charge in [-0.1, -0.05) is 50.2 Å². The second-order valence-corrected chi connectivity index (χ2v) is 9.07. The minimum Gasteiger partial charge on any atom is -0.495 e. The van der Waals surface area contributed by atoms with Crippen molar-refractivity contribution in [1.29, 1.82) is 0 Å². The molecule has 0 aliphatic rings. The fraction of sp³-hybridized carbons (Fsp3) is 0.381. The number of benzene rings is 2. The predicted molar refractivity (Wildman–Crippen MR) is 110 cm³/mol. The van der Waals surface area contributed by atoms with Gasteiger partial charge in [0.25, 0.3) is 0 Å². The number of amides is 1. The molecule has 2 aromatic rings. The van der Waals surface area contributed by atoms with Crippen molar-refractivity contribution >= 4 is 15.9 Å². The molecule has 0 unspecified atom stereocenters. The first-order valence-corrected chi connectivity index (χ1v) is 10.5. The van der Waals surface area contributed by atoms with Crippen LogP contribution in [0.5, 0.6) is 5.75 Å². The lowest BCUT2D eigenvalue weighted by Crippen LogP contribution is -2.39. The van der Waals surface area contributed by atoms with Crippen LogP contribution in [0.15, 0.2) is 53.4 Å². The third-order valence-electron chi connectivity index (χ3n) is 4.59. The normalized spacial score (nSPS) is 11.7. The van der Waals surface area contributed by atoms with Crippen LogP contribution in [0.3, 0.4) is 0 Å². The van der Waals surface area contributed by atoms with Crippen molar-refractivity contribution in [1.82, 2.24) is 9.21 Å². The van der Waals surface area contributed by atoms with Gasteiger partial charge in [0.1, 0.15) is 10.6 Å². The van der Waals surface area contributed by atoms with E-state index in [1.165, 1.54) is 19.1 Å². The van der Waals surface area contributed by atoms with E-state index in [1.54, 1.807) is 19.2 Å². The molecule has 0 aromatic heterocycles. The molecule has 0 spiro atoms. The Morgan fingerprint density at radius 1 is 1.07 bits per heavy atom. The second-order valence-electron chi connectivity index (χ2n) is 7.06. The minimum atomic E-state index is -3.88. The molecule has 0 aliphatic heterocycles. The third kappa shape index (κ3) is 5.11. The van der Waals surface area contributed by atoms with Gasteiger partial charge in [0.15, 0.2) is 0 Å². The van der Waals surface area contributed by atoms with Crippen LogP contribution in [0.4, 0.5) is 0 Å². The number of rotatable bonds is 8. The van der Waals surface area contributed by atoms with E-state index in [9.17, 15) is 13.2 Å². The van der Waals surface area contributed by atoms with E-state index in [2.05, 4.69) is 0 Å². The van der Waals surface area contributed by atoms with Crippen LogP contribution in [0.2, 0.25) is 0 Å². The molecule has 0 saturated carbocycles. The first-order chi connectivity index (χ1) is 13.2. The van der Waals surface area contributed by atoms with E-state index in [4.69, 9.17) is 4.74 Å². The summed E-state index contributed by atoms with van der Waals surface area (Å²) in [7, 11) is 0.625. The topological polar surface area (TPSA) is 66.9 Å². The Bertz CT molecular complexity index is 911. The molecule has 0 atom stereocenters.